The molecule has 1 N–H and O–H groups in total. The van der Waals surface area contributed by atoms with Crippen molar-refractivity contribution in [1.29, 1.82) is 0 Å². The standard InChI is InChI=1S/C23H28N2O3S.2ClH/c1-27-17-7-8-23-18(15-17)19(16-29-23)21(26)9-10-24-11-13-25(14-12-24)20-5-3-4-6-22(20)28-2;;/h3-8,15-16,21,26H,9-14H2,1-2H3;2*1H. The van der Waals surface area contributed by atoms with E-state index in [1.807, 2.05) is 24.3 Å². The molecule has 0 bridgehead atoms. The topological polar surface area (TPSA) is 45.2 Å². The first kappa shape index (κ1) is 25.6. The van der Waals surface area contributed by atoms with Crippen LogP contribution in [0.4, 0.5) is 5.69 Å². The molecular weight excluding hydrogens is 455 g/mol. The van der Waals surface area contributed by atoms with E-state index >= 15 is 0 Å². The van der Waals surface area contributed by atoms with Gasteiger partial charge in [0.05, 0.1) is 26.0 Å². The highest BCUT2D eigenvalue weighted by Crippen LogP contribution is 2.34. The molecule has 170 valence electrons. The van der Waals surface area contributed by atoms with Crippen molar-refractivity contribution in [3.8, 4) is 11.5 Å². The predicted octanol–water partition coefficient (Wildman–Crippen LogP) is 5.01. The zero-order chi connectivity index (χ0) is 20.2. The smallest absolute Gasteiger partial charge is 0.142 e. The van der Waals surface area contributed by atoms with Gasteiger partial charge in [-0.05, 0) is 47.7 Å². The van der Waals surface area contributed by atoms with Gasteiger partial charge in [0.1, 0.15) is 11.5 Å². The molecule has 1 fully saturated rings. The number of fused-ring (bicyclic) bond motifs is 1. The molecule has 2 aromatic carbocycles. The van der Waals surface area contributed by atoms with Gasteiger partial charge in [-0.2, -0.15) is 0 Å². The first-order chi connectivity index (χ1) is 14.2. The van der Waals surface area contributed by atoms with Crippen LogP contribution >= 0.6 is 36.2 Å². The van der Waals surface area contributed by atoms with Crippen LogP contribution in [0.2, 0.25) is 0 Å². The maximum atomic E-state index is 10.8. The van der Waals surface area contributed by atoms with Crippen LogP contribution in [0.25, 0.3) is 10.1 Å². The summed E-state index contributed by atoms with van der Waals surface area (Å²) in [5.41, 5.74) is 2.17. The van der Waals surface area contributed by atoms with E-state index in [4.69, 9.17) is 9.47 Å². The number of anilines is 1. The van der Waals surface area contributed by atoms with Crippen LogP contribution in [-0.2, 0) is 0 Å². The predicted molar refractivity (Wildman–Crippen MR) is 134 cm³/mol. The summed E-state index contributed by atoms with van der Waals surface area (Å²) in [6.07, 6.45) is 0.278. The molecule has 5 nitrogen and oxygen atoms in total. The normalized spacial score (nSPS) is 15.1. The Morgan fingerprint density at radius 2 is 1.74 bits per heavy atom. The fourth-order valence-corrected chi connectivity index (χ4v) is 4.97. The number of nitrogens with zero attached hydrogens (tertiary/aromatic N) is 2. The molecule has 8 heteroatoms. The summed E-state index contributed by atoms with van der Waals surface area (Å²) < 4.78 is 12.0. The Morgan fingerprint density at radius 1 is 1.00 bits per heavy atom. The number of thiophene rings is 1. The maximum Gasteiger partial charge on any atom is 0.142 e. The molecule has 2 heterocycles. The maximum absolute atomic E-state index is 10.8. The summed E-state index contributed by atoms with van der Waals surface area (Å²) in [6.45, 7) is 4.80. The summed E-state index contributed by atoms with van der Waals surface area (Å²) in [4.78, 5) is 4.81. The summed E-state index contributed by atoms with van der Waals surface area (Å²) in [5.74, 6) is 1.76. The number of hydrogen-bond acceptors (Lipinski definition) is 6. The Bertz CT molecular complexity index is 961. The number of aliphatic hydroxyl groups excluding tert-OH is 1. The van der Waals surface area contributed by atoms with Crippen LogP contribution in [0.5, 0.6) is 11.5 Å². The lowest BCUT2D eigenvalue weighted by atomic mass is 10.0. The summed E-state index contributed by atoms with van der Waals surface area (Å²) in [6, 6.07) is 14.2. The van der Waals surface area contributed by atoms with Crippen LogP contribution in [0, 0.1) is 0 Å². The first-order valence-corrected chi connectivity index (χ1v) is 10.9. The molecule has 1 aliphatic heterocycles. The fourth-order valence-electron chi connectivity index (χ4n) is 3.98. The number of rotatable bonds is 7. The molecule has 1 aliphatic rings. The Hall–Kier alpha value is -1.70. The molecule has 1 saturated heterocycles. The van der Waals surface area contributed by atoms with Crippen LogP contribution < -0.4 is 14.4 Å². The second-order valence-corrected chi connectivity index (χ2v) is 8.27. The van der Waals surface area contributed by atoms with E-state index in [0.29, 0.717) is 0 Å². The van der Waals surface area contributed by atoms with Gasteiger partial charge < -0.3 is 19.5 Å². The van der Waals surface area contributed by atoms with Crippen LogP contribution in [0.3, 0.4) is 0 Å². The van der Waals surface area contributed by atoms with Gasteiger partial charge in [0, 0.05) is 42.8 Å². The van der Waals surface area contributed by atoms with Crippen LogP contribution in [-0.4, -0.2) is 56.9 Å². The van der Waals surface area contributed by atoms with E-state index in [0.717, 1.165) is 67.3 Å². The minimum atomic E-state index is -0.455. The second kappa shape index (κ2) is 11.8. The number of halogens is 2. The van der Waals surface area contributed by atoms with E-state index in [-0.39, 0.29) is 24.8 Å². The zero-order valence-corrected chi connectivity index (χ0v) is 20.3. The molecule has 1 atom stereocenters. The number of para-hydroxylation sites is 2. The van der Waals surface area contributed by atoms with Crippen LogP contribution in [0.15, 0.2) is 47.8 Å². The summed E-state index contributed by atoms with van der Waals surface area (Å²) in [7, 11) is 3.40. The Balaban J connectivity index is 0.00000171. The van der Waals surface area contributed by atoms with Gasteiger partial charge in [-0.15, -0.1) is 36.2 Å². The minimum Gasteiger partial charge on any atom is -0.497 e. The highest BCUT2D eigenvalue weighted by molar-refractivity contribution is 7.17. The quantitative estimate of drug-likeness (QED) is 0.510. The highest BCUT2D eigenvalue weighted by atomic mass is 35.5. The monoisotopic (exact) mass is 484 g/mol. The van der Waals surface area contributed by atoms with Gasteiger partial charge in [-0.3, -0.25) is 4.90 Å². The van der Waals surface area contributed by atoms with Crippen molar-refractivity contribution in [2.75, 3.05) is 51.8 Å². The molecule has 0 amide bonds. The molecule has 1 unspecified atom stereocenters. The molecule has 0 spiro atoms. The molecule has 3 aromatic rings. The van der Waals surface area contributed by atoms with Crippen molar-refractivity contribution in [1.82, 2.24) is 4.90 Å². The molecule has 0 radical (unpaired) electrons. The van der Waals surface area contributed by atoms with Gasteiger partial charge in [0.2, 0.25) is 0 Å². The van der Waals surface area contributed by atoms with Crippen molar-refractivity contribution < 1.29 is 14.6 Å². The van der Waals surface area contributed by atoms with E-state index in [1.54, 1.807) is 25.6 Å². The van der Waals surface area contributed by atoms with Gasteiger partial charge in [-0.25, -0.2) is 0 Å². The second-order valence-electron chi connectivity index (χ2n) is 7.36. The average molecular weight is 485 g/mol. The van der Waals surface area contributed by atoms with Crippen molar-refractivity contribution in [2.24, 2.45) is 0 Å². The molecule has 1 aromatic heterocycles. The summed E-state index contributed by atoms with van der Waals surface area (Å²) in [5, 5.41) is 14.0. The van der Waals surface area contributed by atoms with Gasteiger partial charge in [-0.1, -0.05) is 12.1 Å². The van der Waals surface area contributed by atoms with Gasteiger partial charge >= 0.3 is 0 Å². The Morgan fingerprint density at radius 3 is 2.45 bits per heavy atom. The number of piperazine rings is 1. The van der Waals surface area contributed by atoms with Gasteiger partial charge in [0.15, 0.2) is 0 Å². The number of ether oxygens (including phenoxy) is 2. The van der Waals surface area contributed by atoms with Crippen molar-refractivity contribution in [3.63, 3.8) is 0 Å². The Labute approximate surface area is 200 Å². The number of hydrogen-bond donors (Lipinski definition) is 1. The molecule has 0 aliphatic carbocycles. The lowest BCUT2D eigenvalue weighted by Gasteiger charge is -2.36. The lowest BCUT2D eigenvalue weighted by molar-refractivity contribution is 0.141. The zero-order valence-electron chi connectivity index (χ0n) is 17.8. The first-order valence-electron chi connectivity index (χ1n) is 10.0. The fraction of sp³-hybridized carbons (Fsp3) is 0.391. The number of methoxy groups -OCH3 is 2. The third-order valence-corrected chi connectivity index (χ3v) is 6.67. The number of aliphatic hydroxyl groups is 1. The van der Waals surface area contributed by atoms with E-state index in [9.17, 15) is 5.11 Å². The largest absolute Gasteiger partial charge is 0.497 e. The van der Waals surface area contributed by atoms with E-state index in [2.05, 4.69) is 33.4 Å². The molecular formula is C23H30Cl2N2O3S. The van der Waals surface area contributed by atoms with Gasteiger partial charge in [0.25, 0.3) is 0 Å². The average Bonchev–Trinajstić information content (AvgIpc) is 3.21. The lowest BCUT2D eigenvalue weighted by Crippen LogP contribution is -2.46. The summed E-state index contributed by atoms with van der Waals surface area (Å²) >= 11 is 1.68. The van der Waals surface area contributed by atoms with Crippen molar-refractivity contribution in [2.45, 2.75) is 12.5 Å². The Kier molecular flexibility index (Phi) is 9.72. The van der Waals surface area contributed by atoms with Crippen LogP contribution in [0.1, 0.15) is 18.1 Å². The van der Waals surface area contributed by atoms with Crippen molar-refractivity contribution >= 4 is 51.9 Å². The van der Waals surface area contributed by atoms with E-state index in [1.165, 1.54) is 4.70 Å². The molecule has 31 heavy (non-hydrogen) atoms. The van der Waals surface area contributed by atoms with E-state index < -0.39 is 6.10 Å². The third-order valence-electron chi connectivity index (χ3n) is 5.69. The van der Waals surface area contributed by atoms with Crippen molar-refractivity contribution in [3.05, 3.63) is 53.4 Å². The minimum absolute atomic E-state index is 0. The molecule has 0 saturated carbocycles. The number of benzene rings is 2. The highest BCUT2D eigenvalue weighted by Gasteiger charge is 2.21. The third kappa shape index (κ3) is 5.76. The molecule has 4 rings (SSSR count). The SMILES string of the molecule is COc1ccc2scc(C(O)CCN3CCN(c4ccccc4OC)CC3)c2c1.Cl.Cl.